The van der Waals surface area contributed by atoms with Crippen molar-refractivity contribution < 1.29 is 28.7 Å². The number of carbonyl (C=O) groups excluding carboxylic acids is 4. The summed E-state index contributed by atoms with van der Waals surface area (Å²) in [6.45, 7) is 10.8. The van der Waals surface area contributed by atoms with Gasteiger partial charge in [-0.1, -0.05) is 54.1 Å². The minimum Gasteiger partial charge on any atom is -0.444 e. The maximum Gasteiger partial charge on any atom is 0.410 e. The van der Waals surface area contributed by atoms with Crippen LogP contribution < -0.4 is 10.6 Å². The molecule has 4 amide bonds. The van der Waals surface area contributed by atoms with Gasteiger partial charge in [-0.2, -0.15) is 0 Å². The molecular formula is C35H51N7O6S. The van der Waals surface area contributed by atoms with Gasteiger partial charge in [-0.25, -0.2) is 4.79 Å². The van der Waals surface area contributed by atoms with Gasteiger partial charge >= 0.3 is 6.09 Å². The predicted molar refractivity (Wildman–Crippen MR) is 187 cm³/mol. The summed E-state index contributed by atoms with van der Waals surface area (Å²) in [7, 11) is 1.52. The molecule has 13 nitrogen and oxygen atoms in total. The molecule has 2 aromatic rings. The summed E-state index contributed by atoms with van der Waals surface area (Å²) >= 11 is 1.09. The van der Waals surface area contributed by atoms with Crippen LogP contribution in [0.3, 0.4) is 0 Å². The topological polar surface area (TPSA) is 146 Å². The molecule has 0 bridgehead atoms. The molecule has 1 saturated carbocycles. The first-order valence-electron chi connectivity index (χ1n) is 17.5. The van der Waals surface area contributed by atoms with Crippen LogP contribution >= 0.6 is 11.5 Å². The van der Waals surface area contributed by atoms with Crippen molar-refractivity contribution in [2.24, 2.45) is 5.92 Å². The third-order valence-electron chi connectivity index (χ3n) is 9.77. The highest BCUT2D eigenvalue weighted by molar-refractivity contribution is 7.10. The fraction of sp³-hybridized carbons (Fsp3) is 0.657. The summed E-state index contributed by atoms with van der Waals surface area (Å²) in [5.74, 6) is -1.15. The van der Waals surface area contributed by atoms with Crippen molar-refractivity contribution >= 4 is 40.3 Å². The largest absolute Gasteiger partial charge is 0.444 e. The van der Waals surface area contributed by atoms with Crippen LogP contribution in [0, 0.1) is 5.92 Å². The Balaban J connectivity index is 1.40. The summed E-state index contributed by atoms with van der Waals surface area (Å²) in [6.07, 6.45) is 4.69. The van der Waals surface area contributed by atoms with Gasteiger partial charge in [-0.05, 0) is 59.8 Å². The minimum absolute atomic E-state index is 0.0160. The average Bonchev–Trinajstić information content (AvgIpc) is 3.71. The maximum atomic E-state index is 14.8. The Morgan fingerprint density at radius 1 is 1.06 bits per heavy atom. The predicted octanol–water partition coefficient (Wildman–Crippen LogP) is 4.15. The van der Waals surface area contributed by atoms with Crippen molar-refractivity contribution in [1.29, 1.82) is 0 Å². The van der Waals surface area contributed by atoms with Crippen LogP contribution in [-0.4, -0.2) is 117 Å². The third kappa shape index (κ3) is 8.95. The standard InChI is InChI=1S/C35H51N7O6S/c1-7-47-26-18-25-19-42(27(21-41(25)20-26)31(44)37-32-28(38-39-49-32)23-14-10-8-11-15-23)33(45)29(24-16-12-9-13-17-24)36-30(43)22(2)40(6)34(46)48-35(3,4)5/h8,10-11,14-15,22,24-27,29H,7,9,12-13,16-21H2,1-6H3,(H,36,43)(H,37,44)/t22-,25+,26+,27-,29-/m0/s1. The number of likely N-dealkylation sites (N-methyl/N-ethyl adjacent to an activating group) is 1. The van der Waals surface area contributed by atoms with Crippen molar-refractivity contribution in [1.82, 2.24) is 29.6 Å². The van der Waals surface area contributed by atoms with E-state index < -0.39 is 35.7 Å². The van der Waals surface area contributed by atoms with Crippen LogP contribution in [0.2, 0.25) is 0 Å². The van der Waals surface area contributed by atoms with Crippen molar-refractivity contribution in [2.75, 3.05) is 38.6 Å². The van der Waals surface area contributed by atoms with Gasteiger partial charge < -0.3 is 25.0 Å². The highest BCUT2D eigenvalue weighted by Crippen LogP contribution is 2.33. The van der Waals surface area contributed by atoms with E-state index in [2.05, 4.69) is 25.1 Å². The molecule has 5 rings (SSSR count). The monoisotopic (exact) mass is 697 g/mol. The Morgan fingerprint density at radius 2 is 1.78 bits per heavy atom. The number of rotatable bonds is 10. The number of hydrogen-bond acceptors (Lipinski definition) is 10. The molecule has 49 heavy (non-hydrogen) atoms. The highest BCUT2D eigenvalue weighted by atomic mass is 32.1. The summed E-state index contributed by atoms with van der Waals surface area (Å²) in [5.41, 5.74) is 0.671. The number of benzene rings is 1. The second kappa shape index (κ2) is 15.9. The van der Waals surface area contributed by atoms with E-state index in [9.17, 15) is 19.2 Å². The number of nitrogens with one attached hydrogen (secondary N) is 2. The number of aromatic nitrogens is 2. The lowest BCUT2D eigenvalue weighted by atomic mass is 9.82. The van der Waals surface area contributed by atoms with E-state index in [0.717, 1.165) is 55.6 Å². The van der Waals surface area contributed by atoms with Crippen molar-refractivity contribution in [3.05, 3.63) is 30.3 Å². The Labute approximate surface area is 293 Å². The fourth-order valence-corrected chi connectivity index (χ4v) is 7.67. The first-order valence-corrected chi connectivity index (χ1v) is 18.2. The number of amides is 4. The molecule has 268 valence electrons. The summed E-state index contributed by atoms with van der Waals surface area (Å²) in [5, 5.41) is 10.9. The van der Waals surface area contributed by atoms with Gasteiger partial charge in [-0.15, -0.1) is 5.10 Å². The molecule has 0 unspecified atom stereocenters. The molecule has 1 aliphatic carbocycles. The number of anilines is 1. The van der Waals surface area contributed by atoms with Gasteiger partial charge in [0.15, 0.2) is 0 Å². The zero-order valence-corrected chi connectivity index (χ0v) is 30.3. The van der Waals surface area contributed by atoms with E-state index in [4.69, 9.17) is 9.47 Å². The number of fused-ring (bicyclic) bond motifs is 1. The first-order chi connectivity index (χ1) is 23.4. The highest BCUT2D eigenvalue weighted by Gasteiger charge is 2.47. The van der Waals surface area contributed by atoms with Crippen LogP contribution in [0.1, 0.15) is 73.1 Å². The van der Waals surface area contributed by atoms with Crippen molar-refractivity contribution in [3.8, 4) is 11.3 Å². The van der Waals surface area contributed by atoms with Gasteiger partial charge in [0.05, 0.1) is 6.10 Å². The zero-order chi connectivity index (χ0) is 35.3. The molecule has 5 atom stereocenters. The lowest BCUT2D eigenvalue weighted by molar-refractivity contribution is -0.148. The maximum absolute atomic E-state index is 14.8. The molecular weight excluding hydrogens is 646 g/mol. The van der Waals surface area contributed by atoms with Crippen LogP contribution in [0.4, 0.5) is 9.80 Å². The van der Waals surface area contributed by atoms with Gasteiger partial charge in [0.2, 0.25) is 17.7 Å². The van der Waals surface area contributed by atoms with Gasteiger partial charge in [0.25, 0.3) is 0 Å². The smallest absolute Gasteiger partial charge is 0.410 e. The zero-order valence-electron chi connectivity index (χ0n) is 29.5. The molecule has 2 N–H and O–H groups in total. The molecule has 3 aliphatic rings. The van der Waals surface area contributed by atoms with Crippen LogP contribution in [0.15, 0.2) is 30.3 Å². The average molecular weight is 698 g/mol. The second-order valence-electron chi connectivity index (χ2n) is 14.4. The van der Waals surface area contributed by atoms with E-state index in [-0.39, 0.29) is 29.9 Å². The van der Waals surface area contributed by atoms with Gasteiger partial charge in [-0.3, -0.25) is 24.2 Å². The van der Waals surface area contributed by atoms with E-state index in [1.807, 2.05) is 37.3 Å². The first kappa shape index (κ1) is 36.7. The number of nitrogens with zero attached hydrogens (tertiary/aromatic N) is 5. The van der Waals surface area contributed by atoms with Gasteiger partial charge in [0.1, 0.15) is 34.4 Å². The molecule has 2 saturated heterocycles. The van der Waals surface area contributed by atoms with E-state index in [1.54, 1.807) is 32.6 Å². The molecule has 3 heterocycles. The fourth-order valence-electron chi connectivity index (χ4n) is 7.07. The quantitative estimate of drug-likeness (QED) is 0.374. The number of hydrogen-bond donors (Lipinski definition) is 2. The second-order valence-corrected chi connectivity index (χ2v) is 15.1. The van der Waals surface area contributed by atoms with Crippen molar-refractivity contribution in [3.63, 3.8) is 0 Å². The number of carbonyl (C=O) groups is 4. The number of piperazine rings is 1. The molecule has 1 aromatic carbocycles. The minimum atomic E-state index is -0.887. The van der Waals surface area contributed by atoms with Crippen LogP contribution in [0.5, 0.6) is 0 Å². The Kier molecular flexibility index (Phi) is 11.9. The molecule has 14 heteroatoms. The summed E-state index contributed by atoms with van der Waals surface area (Å²) in [6, 6.07) is 6.99. The summed E-state index contributed by atoms with van der Waals surface area (Å²) in [4.78, 5) is 60.7. The lowest BCUT2D eigenvalue weighted by Crippen LogP contribution is -2.66. The van der Waals surface area contributed by atoms with Crippen LogP contribution in [0.25, 0.3) is 11.3 Å². The molecule has 0 spiro atoms. The SMILES string of the molecule is CCO[C@@H]1C[C@@H]2CN(C(=O)[C@@H](NC(=O)[C@H](C)N(C)C(=O)OC(C)(C)C)C3CCCCC3)[C@H](C(=O)Nc3snnc3-c3ccccc3)CN2C1. The summed E-state index contributed by atoms with van der Waals surface area (Å²) < 4.78 is 15.6. The van der Waals surface area contributed by atoms with E-state index in [0.29, 0.717) is 36.9 Å². The number of ether oxygens (including phenoxy) is 2. The van der Waals surface area contributed by atoms with E-state index >= 15 is 0 Å². The van der Waals surface area contributed by atoms with Gasteiger partial charge in [0, 0.05) is 56.4 Å². The van der Waals surface area contributed by atoms with Crippen molar-refractivity contribution in [2.45, 2.75) is 109 Å². The van der Waals surface area contributed by atoms with E-state index in [1.165, 1.54) is 11.9 Å². The third-order valence-corrected chi connectivity index (χ3v) is 10.4. The Morgan fingerprint density at radius 3 is 2.45 bits per heavy atom. The molecule has 1 aromatic heterocycles. The Hall–Kier alpha value is -3.62. The Bertz CT molecular complexity index is 1460. The van der Waals surface area contributed by atoms with Crippen LogP contribution in [-0.2, 0) is 23.9 Å². The molecule has 2 aliphatic heterocycles. The molecule has 0 radical (unpaired) electrons. The molecule has 3 fully saturated rings. The lowest BCUT2D eigenvalue weighted by Gasteiger charge is -2.45. The normalized spacial score (nSPS) is 22.9.